The molecule has 0 aliphatic heterocycles. The van der Waals surface area contributed by atoms with Crippen molar-refractivity contribution in [1.29, 1.82) is 0 Å². The molecule has 8 nitrogen and oxygen atoms in total. The molecule has 124 valence electrons. The third-order valence-corrected chi connectivity index (χ3v) is 3.84. The van der Waals surface area contributed by atoms with E-state index in [1.165, 1.54) is 6.20 Å². The largest absolute Gasteiger partial charge is 0.369 e. The molecule has 0 aliphatic carbocycles. The zero-order chi connectivity index (χ0) is 17.3. The number of primary amides is 1. The number of nitrogens with two attached hydrogens (primary N) is 1. The van der Waals surface area contributed by atoms with Crippen LogP contribution in [0.25, 0.3) is 16.8 Å². The van der Waals surface area contributed by atoms with Gasteiger partial charge < -0.3 is 10.1 Å². The highest BCUT2D eigenvalue weighted by atomic mass is 32.2. The summed E-state index contributed by atoms with van der Waals surface area (Å²) in [6.45, 7) is 0. The molecule has 0 aliphatic rings. The van der Waals surface area contributed by atoms with Crippen molar-refractivity contribution < 1.29 is 13.2 Å². The van der Waals surface area contributed by atoms with Crippen LogP contribution in [0.4, 0.5) is 5.69 Å². The van der Waals surface area contributed by atoms with Crippen LogP contribution in [0.2, 0.25) is 0 Å². The van der Waals surface area contributed by atoms with E-state index in [2.05, 4.69) is 14.7 Å². The molecular weight excluding hydrogens is 330 g/mol. The summed E-state index contributed by atoms with van der Waals surface area (Å²) in [5.41, 5.74) is 8.42. The van der Waals surface area contributed by atoms with Crippen LogP contribution in [0, 0.1) is 0 Å². The summed E-state index contributed by atoms with van der Waals surface area (Å²) in [5.74, 6) is -0.442. The van der Waals surface area contributed by atoms with Gasteiger partial charge in [0, 0.05) is 29.7 Å². The molecule has 0 unspecified atom stereocenters. The van der Waals surface area contributed by atoms with Gasteiger partial charge in [-0.25, -0.2) is 13.4 Å². The SMILES string of the molecule is CS(=O)(=O)Nc1cncc(-c2ccc3nc(CC(N)=O)cn3c2)c1. The monoisotopic (exact) mass is 345 g/mol. The Balaban J connectivity index is 1.97. The molecule has 3 aromatic heterocycles. The predicted octanol–water partition coefficient (Wildman–Crippen LogP) is 0.796. The molecule has 9 heteroatoms. The van der Waals surface area contributed by atoms with Crippen molar-refractivity contribution in [2.75, 3.05) is 11.0 Å². The first kappa shape index (κ1) is 15.9. The van der Waals surface area contributed by atoms with Gasteiger partial charge in [0.25, 0.3) is 0 Å². The highest BCUT2D eigenvalue weighted by Gasteiger charge is 2.08. The second-order valence-electron chi connectivity index (χ2n) is 5.40. The van der Waals surface area contributed by atoms with Gasteiger partial charge in [-0.15, -0.1) is 0 Å². The van der Waals surface area contributed by atoms with Gasteiger partial charge in [0.2, 0.25) is 15.9 Å². The van der Waals surface area contributed by atoms with Crippen molar-refractivity contribution in [1.82, 2.24) is 14.4 Å². The van der Waals surface area contributed by atoms with E-state index in [9.17, 15) is 13.2 Å². The van der Waals surface area contributed by atoms with E-state index in [0.29, 0.717) is 17.0 Å². The van der Waals surface area contributed by atoms with Crippen LogP contribution >= 0.6 is 0 Å². The van der Waals surface area contributed by atoms with Crippen molar-refractivity contribution in [3.63, 3.8) is 0 Å². The zero-order valence-electron chi connectivity index (χ0n) is 12.8. The number of hydrogen-bond acceptors (Lipinski definition) is 5. The molecule has 0 aromatic carbocycles. The van der Waals surface area contributed by atoms with Gasteiger partial charge in [0.1, 0.15) is 5.65 Å². The molecular formula is C15H15N5O3S. The number of aromatic nitrogens is 3. The van der Waals surface area contributed by atoms with Gasteiger partial charge >= 0.3 is 0 Å². The van der Waals surface area contributed by atoms with Crippen LogP contribution in [0.3, 0.4) is 0 Å². The first-order chi connectivity index (χ1) is 11.3. The fourth-order valence-corrected chi connectivity index (χ4v) is 2.89. The van der Waals surface area contributed by atoms with Crippen molar-refractivity contribution in [2.45, 2.75) is 6.42 Å². The molecule has 3 heterocycles. The normalized spacial score (nSPS) is 11.5. The first-order valence-electron chi connectivity index (χ1n) is 6.99. The van der Waals surface area contributed by atoms with Crippen LogP contribution in [0.5, 0.6) is 0 Å². The number of fused-ring (bicyclic) bond motifs is 1. The van der Waals surface area contributed by atoms with Gasteiger partial charge in [0.15, 0.2) is 0 Å². The lowest BCUT2D eigenvalue weighted by molar-refractivity contribution is -0.117. The van der Waals surface area contributed by atoms with Gasteiger partial charge in [-0.2, -0.15) is 0 Å². The highest BCUT2D eigenvalue weighted by molar-refractivity contribution is 7.92. The summed E-state index contributed by atoms with van der Waals surface area (Å²) in [6, 6.07) is 5.34. The molecule has 3 aromatic rings. The van der Waals surface area contributed by atoms with E-state index in [0.717, 1.165) is 17.4 Å². The average molecular weight is 345 g/mol. The number of nitrogens with zero attached hydrogens (tertiary/aromatic N) is 3. The number of imidazole rings is 1. The topological polar surface area (TPSA) is 119 Å². The number of carbonyl (C=O) groups excluding carboxylic acids is 1. The number of hydrogen-bond donors (Lipinski definition) is 2. The van der Waals surface area contributed by atoms with E-state index >= 15 is 0 Å². The minimum atomic E-state index is -3.37. The lowest BCUT2D eigenvalue weighted by atomic mass is 10.1. The second kappa shape index (κ2) is 5.93. The summed E-state index contributed by atoms with van der Waals surface area (Å²) >= 11 is 0. The van der Waals surface area contributed by atoms with E-state index in [1.807, 2.05) is 12.3 Å². The first-order valence-corrected chi connectivity index (χ1v) is 8.88. The second-order valence-corrected chi connectivity index (χ2v) is 7.14. The Morgan fingerprint density at radius 3 is 2.75 bits per heavy atom. The number of anilines is 1. The third kappa shape index (κ3) is 3.69. The van der Waals surface area contributed by atoms with Crippen molar-refractivity contribution >= 4 is 27.3 Å². The molecule has 0 saturated heterocycles. The number of sulfonamides is 1. The van der Waals surface area contributed by atoms with Crippen LogP contribution in [0.1, 0.15) is 5.69 Å². The zero-order valence-corrected chi connectivity index (χ0v) is 13.6. The van der Waals surface area contributed by atoms with Gasteiger partial charge in [-0.05, 0) is 18.2 Å². The van der Waals surface area contributed by atoms with E-state index in [-0.39, 0.29) is 6.42 Å². The number of carbonyl (C=O) groups is 1. The molecule has 0 spiro atoms. The molecule has 0 saturated carbocycles. The Morgan fingerprint density at radius 1 is 1.25 bits per heavy atom. The maximum absolute atomic E-state index is 11.3. The Hall–Kier alpha value is -2.94. The average Bonchev–Trinajstić information content (AvgIpc) is 2.85. The summed E-state index contributed by atoms with van der Waals surface area (Å²) in [5, 5.41) is 0. The number of nitrogens with one attached hydrogen (secondary N) is 1. The van der Waals surface area contributed by atoms with Crippen LogP contribution in [0.15, 0.2) is 43.0 Å². The number of amides is 1. The molecule has 0 fully saturated rings. The highest BCUT2D eigenvalue weighted by Crippen LogP contribution is 2.22. The molecule has 3 N–H and O–H groups in total. The fraction of sp³-hybridized carbons (Fsp3) is 0.133. The predicted molar refractivity (Wildman–Crippen MR) is 89.8 cm³/mol. The van der Waals surface area contributed by atoms with Gasteiger partial charge in [0.05, 0.1) is 30.3 Å². The number of pyridine rings is 2. The molecule has 1 amide bonds. The van der Waals surface area contributed by atoms with E-state index in [4.69, 9.17) is 5.73 Å². The van der Waals surface area contributed by atoms with Crippen molar-refractivity contribution in [3.8, 4) is 11.1 Å². The van der Waals surface area contributed by atoms with Crippen molar-refractivity contribution in [3.05, 3.63) is 48.7 Å². The smallest absolute Gasteiger partial charge is 0.229 e. The standard InChI is InChI=1S/C15H15N5O3S/c1-24(22,23)19-12-4-11(6-17-7-12)10-2-3-15-18-13(5-14(16)21)9-20(15)8-10/h2-4,6-9,19H,5H2,1H3,(H2,16,21). The van der Waals surface area contributed by atoms with E-state index in [1.54, 1.807) is 28.9 Å². The van der Waals surface area contributed by atoms with Crippen LogP contribution < -0.4 is 10.5 Å². The lowest BCUT2D eigenvalue weighted by Crippen LogP contribution is -2.13. The molecule has 0 atom stereocenters. The number of rotatable bonds is 5. The maximum atomic E-state index is 11.3. The Bertz CT molecular complexity index is 1030. The van der Waals surface area contributed by atoms with Crippen LogP contribution in [-0.2, 0) is 21.2 Å². The summed E-state index contributed by atoms with van der Waals surface area (Å²) in [4.78, 5) is 19.4. The third-order valence-electron chi connectivity index (χ3n) is 3.23. The quantitative estimate of drug-likeness (QED) is 0.708. The minimum absolute atomic E-state index is 0.0757. The van der Waals surface area contributed by atoms with Gasteiger partial charge in [-0.3, -0.25) is 14.5 Å². The summed E-state index contributed by atoms with van der Waals surface area (Å²) in [6.07, 6.45) is 7.79. The summed E-state index contributed by atoms with van der Waals surface area (Å²) < 4.78 is 26.8. The molecule has 0 bridgehead atoms. The minimum Gasteiger partial charge on any atom is -0.369 e. The Kier molecular flexibility index (Phi) is 3.94. The Labute approximate surface area is 138 Å². The fourth-order valence-electron chi connectivity index (χ4n) is 2.35. The molecule has 0 radical (unpaired) electrons. The lowest BCUT2D eigenvalue weighted by Gasteiger charge is -2.06. The maximum Gasteiger partial charge on any atom is 0.229 e. The summed E-state index contributed by atoms with van der Waals surface area (Å²) in [7, 11) is -3.37. The molecule has 3 rings (SSSR count). The van der Waals surface area contributed by atoms with Crippen molar-refractivity contribution in [2.24, 2.45) is 5.73 Å². The Morgan fingerprint density at radius 2 is 2.04 bits per heavy atom. The van der Waals surface area contributed by atoms with Gasteiger partial charge in [-0.1, -0.05) is 0 Å². The van der Waals surface area contributed by atoms with E-state index < -0.39 is 15.9 Å². The molecule has 24 heavy (non-hydrogen) atoms. The van der Waals surface area contributed by atoms with Crippen LogP contribution in [-0.4, -0.2) is 34.9 Å².